The Morgan fingerprint density at radius 1 is 1.39 bits per heavy atom. The Hall–Kier alpha value is -0.890. The van der Waals surface area contributed by atoms with E-state index in [-0.39, 0.29) is 6.04 Å². The van der Waals surface area contributed by atoms with E-state index in [1.54, 1.807) is 10.9 Å². The van der Waals surface area contributed by atoms with Crippen LogP contribution in [0.4, 0.5) is 5.69 Å². The lowest BCUT2D eigenvalue weighted by atomic mass is 10.0. The van der Waals surface area contributed by atoms with Gasteiger partial charge in [-0.05, 0) is 34.1 Å². The number of aryl methyl sites for hydroxylation is 1. The molecule has 5 N–H and O–H groups in total. The zero-order valence-electron chi connectivity index (χ0n) is 9.69. The van der Waals surface area contributed by atoms with Crippen molar-refractivity contribution in [2.45, 2.75) is 6.04 Å². The second-order valence-corrected chi connectivity index (χ2v) is 5.64. The Bertz CT molecular complexity index is 547. The molecular weight excluding hydrogens is 362 g/mol. The van der Waals surface area contributed by atoms with E-state index in [0.29, 0.717) is 5.69 Å². The third kappa shape index (κ3) is 2.44. The van der Waals surface area contributed by atoms with E-state index in [9.17, 15) is 0 Å². The minimum atomic E-state index is -0.232. The van der Waals surface area contributed by atoms with Crippen molar-refractivity contribution >= 4 is 37.5 Å². The van der Waals surface area contributed by atoms with Crippen LogP contribution in [0, 0.1) is 0 Å². The highest BCUT2D eigenvalue weighted by Crippen LogP contribution is 2.32. The number of nitrogens with two attached hydrogens (primary N) is 2. The molecule has 0 aliphatic heterocycles. The van der Waals surface area contributed by atoms with Crippen molar-refractivity contribution < 1.29 is 0 Å². The molecule has 0 fully saturated rings. The van der Waals surface area contributed by atoms with Crippen LogP contribution in [0.3, 0.4) is 0 Å². The summed E-state index contributed by atoms with van der Waals surface area (Å²) in [4.78, 5) is 0. The highest BCUT2D eigenvalue weighted by molar-refractivity contribution is 9.10. The van der Waals surface area contributed by atoms with Gasteiger partial charge in [0, 0.05) is 22.8 Å². The molecule has 1 atom stereocenters. The van der Waals surface area contributed by atoms with E-state index in [1.165, 1.54) is 0 Å². The van der Waals surface area contributed by atoms with Crippen molar-refractivity contribution in [1.29, 1.82) is 0 Å². The second-order valence-electron chi connectivity index (χ2n) is 3.87. The third-order valence-corrected chi connectivity index (χ3v) is 3.84. The van der Waals surface area contributed by atoms with Gasteiger partial charge in [-0.3, -0.25) is 10.5 Å². The van der Waals surface area contributed by atoms with E-state index in [2.05, 4.69) is 42.4 Å². The zero-order chi connectivity index (χ0) is 13.3. The average Bonchev–Trinajstić information content (AvgIpc) is 2.66. The predicted octanol–water partition coefficient (Wildman–Crippen LogP) is 2.08. The van der Waals surface area contributed by atoms with E-state index in [4.69, 9.17) is 11.6 Å². The van der Waals surface area contributed by atoms with Crippen LogP contribution in [0.15, 0.2) is 33.3 Å². The average molecular weight is 375 g/mol. The minimum absolute atomic E-state index is 0.232. The van der Waals surface area contributed by atoms with Crippen molar-refractivity contribution in [3.63, 3.8) is 0 Å². The summed E-state index contributed by atoms with van der Waals surface area (Å²) in [5, 5.41) is 4.18. The fourth-order valence-electron chi connectivity index (χ4n) is 1.86. The largest absolute Gasteiger partial charge is 0.398 e. The van der Waals surface area contributed by atoms with E-state index in [1.807, 2.05) is 25.2 Å². The summed E-state index contributed by atoms with van der Waals surface area (Å²) in [6.45, 7) is 0. The summed E-state index contributed by atoms with van der Waals surface area (Å²) in [5.41, 5.74) is 11.3. The van der Waals surface area contributed by atoms with Crippen LogP contribution in [-0.2, 0) is 7.05 Å². The molecule has 96 valence electrons. The number of rotatable bonds is 3. The van der Waals surface area contributed by atoms with Crippen LogP contribution >= 0.6 is 31.9 Å². The molecule has 2 aromatic rings. The summed E-state index contributed by atoms with van der Waals surface area (Å²) in [6.07, 6.45) is 1.73. The molecule has 0 saturated heterocycles. The first kappa shape index (κ1) is 13.5. The lowest BCUT2D eigenvalue weighted by Crippen LogP contribution is -2.31. The summed E-state index contributed by atoms with van der Waals surface area (Å²) in [7, 11) is 1.86. The van der Waals surface area contributed by atoms with Gasteiger partial charge in [-0.2, -0.15) is 5.10 Å². The summed E-state index contributed by atoms with van der Waals surface area (Å²) in [5.74, 6) is 5.67. The third-order valence-electron chi connectivity index (χ3n) is 2.74. The van der Waals surface area contributed by atoms with Gasteiger partial charge in [0.1, 0.15) is 0 Å². The van der Waals surface area contributed by atoms with Gasteiger partial charge >= 0.3 is 0 Å². The lowest BCUT2D eigenvalue weighted by Gasteiger charge is -2.19. The number of nitrogen functional groups attached to an aromatic ring is 1. The molecule has 0 radical (unpaired) electrons. The smallest absolute Gasteiger partial charge is 0.0909 e. The van der Waals surface area contributed by atoms with Gasteiger partial charge in [-0.25, -0.2) is 5.43 Å². The van der Waals surface area contributed by atoms with Crippen LogP contribution in [0.1, 0.15) is 17.3 Å². The van der Waals surface area contributed by atoms with Crippen molar-refractivity contribution in [2.24, 2.45) is 12.9 Å². The number of halogens is 2. The molecule has 7 heteroatoms. The molecule has 0 aliphatic rings. The quantitative estimate of drug-likeness (QED) is 0.436. The Morgan fingerprint density at radius 3 is 2.67 bits per heavy atom. The van der Waals surface area contributed by atoms with Crippen LogP contribution in [0.5, 0.6) is 0 Å². The fraction of sp³-hybridized carbons (Fsp3) is 0.182. The molecule has 1 aromatic carbocycles. The topological polar surface area (TPSA) is 81.9 Å². The molecule has 5 nitrogen and oxygen atoms in total. The van der Waals surface area contributed by atoms with Crippen LogP contribution in [0.25, 0.3) is 0 Å². The number of hydrogen-bond acceptors (Lipinski definition) is 4. The van der Waals surface area contributed by atoms with Gasteiger partial charge in [-0.1, -0.05) is 15.9 Å². The van der Waals surface area contributed by atoms with E-state index in [0.717, 1.165) is 20.2 Å². The predicted molar refractivity (Wildman–Crippen MR) is 78.6 cm³/mol. The molecule has 0 spiro atoms. The molecule has 0 amide bonds. The lowest BCUT2D eigenvalue weighted by molar-refractivity contribution is 0.574. The molecule has 0 aliphatic carbocycles. The molecule has 18 heavy (non-hydrogen) atoms. The Morgan fingerprint density at radius 2 is 2.11 bits per heavy atom. The molecule has 2 rings (SSSR count). The molecule has 0 bridgehead atoms. The van der Waals surface area contributed by atoms with Gasteiger partial charge in [0.2, 0.25) is 0 Å². The molecule has 1 aromatic heterocycles. The van der Waals surface area contributed by atoms with Crippen LogP contribution in [0.2, 0.25) is 0 Å². The number of nitrogens with one attached hydrogen (secondary N) is 1. The fourth-order valence-corrected chi connectivity index (χ4v) is 2.81. The van der Waals surface area contributed by atoms with Gasteiger partial charge in [0.05, 0.1) is 22.4 Å². The van der Waals surface area contributed by atoms with Gasteiger partial charge < -0.3 is 5.73 Å². The van der Waals surface area contributed by atoms with Crippen LogP contribution < -0.4 is 17.0 Å². The molecular formula is C11H13Br2N5. The normalized spacial score (nSPS) is 12.7. The van der Waals surface area contributed by atoms with Crippen molar-refractivity contribution in [2.75, 3.05) is 5.73 Å². The Balaban J connectivity index is 2.55. The SMILES string of the molecule is Cn1ncc(Br)c1C(NN)c1cc(Br)ccc1N. The van der Waals surface area contributed by atoms with Gasteiger partial charge in [0.25, 0.3) is 0 Å². The van der Waals surface area contributed by atoms with Crippen LogP contribution in [-0.4, -0.2) is 9.78 Å². The van der Waals surface area contributed by atoms with Crippen molar-refractivity contribution in [1.82, 2.24) is 15.2 Å². The first-order valence-electron chi connectivity index (χ1n) is 5.23. The maximum Gasteiger partial charge on any atom is 0.0909 e. The number of benzene rings is 1. The zero-order valence-corrected chi connectivity index (χ0v) is 12.9. The highest BCUT2D eigenvalue weighted by atomic mass is 79.9. The van der Waals surface area contributed by atoms with Crippen molar-refractivity contribution in [3.05, 3.63) is 44.6 Å². The van der Waals surface area contributed by atoms with E-state index >= 15 is 0 Å². The molecule has 1 heterocycles. The first-order valence-corrected chi connectivity index (χ1v) is 6.81. The summed E-state index contributed by atoms with van der Waals surface area (Å²) in [6, 6.07) is 5.45. The second kappa shape index (κ2) is 5.40. The monoisotopic (exact) mass is 373 g/mol. The Kier molecular flexibility index (Phi) is 4.06. The molecule has 1 unspecified atom stereocenters. The Labute approximate surface area is 122 Å². The standard InChI is InChI=1S/C11H13Br2N5/c1-18-11(8(13)5-16-18)10(17-15)7-4-6(12)2-3-9(7)14/h2-5,10,17H,14-15H2,1H3. The maximum absolute atomic E-state index is 6.01. The van der Waals surface area contributed by atoms with E-state index < -0.39 is 0 Å². The summed E-state index contributed by atoms with van der Waals surface area (Å²) < 4.78 is 3.59. The number of hydrazine groups is 1. The number of hydrogen-bond donors (Lipinski definition) is 3. The number of aromatic nitrogens is 2. The minimum Gasteiger partial charge on any atom is -0.398 e. The molecule has 0 saturated carbocycles. The number of anilines is 1. The summed E-state index contributed by atoms with van der Waals surface area (Å²) >= 11 is 6.90. The first-order chi connectivity index (χ1) is 8.54. The highest BCUT2D eigenvalue weighted by Gasteiger charge is 2.21. The van der Waals surface area contributed by atoms with Gasteiger partial charge in [0.15, 0.2) is 0 Å². The van der Waals surface area contributed by atoms with Crippen molar-refractivity contribution in [3.8, 4) is 0 Å². The number of nitrogens with zero attached hydrogens (tertiary/aromatic N) is 2. The maximum atomic E-state index is 6.01. The van der Waals surface area contributed by atoms with Gasteiger partial charge in [-0.15, -0.1) is 0 Å².